The molecule has 0 bridgehead atoms. The first kappa shape index (κ1) is 13.1. The normalized spacial score (nSPS) is 23.0. The minimum atomic E-state index is -0.0250. The molecule has 0 heterocycles. The average molecular weight is 247 g/mol. The maximum Gasteiger partial charge on any atom is 0.251 e. The summed E-state index contributed by atoms with van der Waals surface area (Å²) in [5.74, 6) is 0.201. The lowest BCUT2D eigenvalue weighted by molar-refractivity contribution is 0.0916. The second-order valence-electron chi connectivity index (χ2n) is 5.00. The summed E-state index contributed by atoms with van der Waals surface area (Å²) in [5.41, 5.74) is 1.94. The van der Waals surface area contributed by atoms with Crippen LogP contribution < -0.4 is 5.32 Å². The fourth-order valence-electron chi connectivity index (χ4n) is 2.59. The number of benzene rings is 1. The van der Waals surface area contributed by atoms with Crippen molar-refractivity contribution < 1.29 is 9.90 Å². The number of aryl methyl sites for hydroxylation is 1. The summed E-state index contributed by atoms with van der Waals surface area (Å²) in [6.07, 6.45) is 4.06. The molecule has 0 saturated heterocycles. The van der Waals surface area contributed by atoms with Crippen LogP contribution in [0.1, 0.15) is 42.1 Å². The van der Waals surface area contributed by atoms with Gasteiger partial charge in [-0.2, -0.15) is 0 Å². The van der Waals surface area contributed by atoms with Crippen LogP contribution in [0.4, 0.5) is 0 Å². The van der Waals surface area contributed by atoms with Crippen LogP contribution in [0.2, 0.25) is 0 Å². The van der Waals surface area contributed by atoms with Gasteiger partial charge in [0, 0.05) is 24.1 Å². The van der Waals surface area contributed by atoms with Crippen LogP contribution in [0, 0.1) is 5.92 Å². The van der Waals surface area contributed by atoms with E-state index in [1.807, 2.05) is 24.3 Å². The fourth-order valence-corrected chi connectivity index (χ4v) is 2.59. The topological polar surface area (TPSA) is 49.3 Å². The molecule has 1 amide bonds. The van der Waals surface area contributed by atoms with Crippen LogP contribution in [0.3, 0.4) is 0 Å². The Hall–Kier alpha value is -1.35. The number of aliphatic hydroxyl groups excluding tert-OH is 1. The minimum Gasteiger partial charge on any atom is -0.396 e. The first-order valence-electron chi connectivity index (χ1n) is 6.75. The van der Waals surface area contributed by atoms with Crippen LogP contribution in [-0.4, -0.2) is 23.7 Å². The monoisotopic (exact) mass is 247 g/mol. The Balaban J connectivity index is 1.98. The highest BCUT2D eigenvalue weighted by molar-refractivity contribution is 5.94. The molecule has 18 heavy (non-hydrogen) atoms. The molecule has 1 aliphatic carbocycles. The molecule has 2 N–H and O–H groups in total. The third-order valence-electron chi connectivity index (χ3n) is 3.83. The third kappa shape index (κ3) is 2.91. The number of rotatable bonds is 4. The molecule has 3 heteroatoms. The summed E-state index contributed by atoms with van der Waals surface area (Å²) >= 11 is 0. The van der Waals surface area contributed by atoms with Crippen LogP contribution in [0.15, 0.2) is 24.3 Å². The highest BCUT2D eigenvalue weighted by Crippen LogP contribution is 2.25. The first-order chi connectivity index (χ1) is 8.74. The van der Waals surface area contributed by atoms with Gasteiger partial charge >= 0.3 is 0 Å². The van der Waals surface area contributed by atoms with Crippen molar-refractivity contribution in [2.24, 2.45) is 5.92 Å². The van der Waals surface area contributed by atoms with Crippen molar-refractivity contribution in [2.45, 2.75) is 38.6 Å². The Labute approximate surface area is 108 Å². The van der Waals surface area contributed by atoms with E-state index in [0.717, 1.165) is 25.7 Å². The summed E-state index contributed by atoms with van der Waals surface area (Å²) in [6, 6.07) is 7.86. The molecule has 1 fully saturated rings. The molecule has 2 unspecified atom stereocenters. The second kappa shape index (κ2) is 6.01. The zero-order valence-electron chi connectivity index (χ0n) is 10.9. The van der Waals surface area contributed by atoms with Gasteiger partial charge in [0.25, 0.3) is 5.91 Å². The Morgan fingerprint density at radius 3 is 2.67 bits per heavy atom. The van der Waals surface area contributed by atoms with Gasteiger partial charge in [-0.25, -0.2) is 0 Å². The summed E-state index contributed by atoms with van der Waals surface area (Å²) in [4.78, 5) is 12.1. The van der Waals surface area contributed by atoms with Crippen molar-refractivity contribution in [3.63, 3.8) is 0 Å². The van der Waals surface area contributed by atoms with E-state index in [9.17, 15) is 9.90 Å². The Morgan fingerprint density at radius 2 is 2.06 bits per heavy atom. The summed E-state index contributed by atoms with van der Waals surface area (Å²) in [7, 11) is 0. The van der Waals surface area contributed by atoms with Crippen LogP contribution in [0.25, 0.3) is 0 Å². The standard InChI is InChI=1S/C15H21NO2/c1-2-11-6-8-12(9-7-11)15(18)16-14-5-3-4-13(14)10-17/h6-9,13-14,17H,2-5,10H2,1H3,(H,16,18). The lowest BCUT2D eigenvalue weighted by Gasteiger charge is -2.19. The maximum atomic E-state index is 12.1. The molecule has 0 aliphatic heterocycles. The van der Waals surface area contributed by atoms with Crippen molar-refractivity contribution in [3.05, 3.63) is 35.4 Å². The van der Waals surface area contributed by atoms with E-state index in [2.05, 4.69) is 12.2 Å². The van der Waals surface area contributed by atoms with E-state index in [-0.39, 0.29) is 24.5 Å². The molecule has 1 saturated carbocycles. The van der Waals surface area contributed by atoms with Gasteiger partial charge < -0.3 is 10.4 Å². The molecule has 2 rings (SSSR count). The summed E-state index contributed by atoms with van der Waals surface area (Å²) in [6.45, 7) is 2.26. The van der Waals surface area contributed by atoms with Gasteiger partial charge in [-0.15, -0.1) is 0 Å². The third-order valence-corrected chi connectivity index (χ3v) is 3.83. The molecule has 1 aromatic carbocycles. The number of amides is 1. The van der Waals surface area contributed by atoms with Crippen molar-refractivity contribution >= 4 is 5.91 Å². The lowest BCUT2D eigenvalue weighted by atomic mass is 10.0. The van der Waals surface area contributed by atoms with E-state index in [1.54, 1.807) is 0 Å². The predicted octanol–water partition coefficient (Wildman–Crippen LogP) is 2.14. The predicted molar refractivity (Wildman–Crippen MR) is 71.5 cm³/mol. The highest BCUT2D eigenvalue weighted by atomic mass is 16.3. The molecule has 98 valence electrons. The SMILES string of the molecule is CCc1ccc(C(=O)NC2CCCC2CO)cc1. The first-order valence-corrected chi connectivity index (χ1v) is 6.75. The number of carbonyl (C=O) groups excluding carboxylic acids is 1. The summed E-state index contributed by atoms with van der Waals surface area (Å²) in [5, 5.41) is 12.3. The average Bonchev–Trinajstić information content (AvgIpc) is 2.86. The summed E-state index contributed by atoms with van der Waals surface area (Å²) < 4.78 is 0. The zero-order valence-corrected chi connectivity index (χ0v) is 10.9. The minimum absolute atomic E-state index is 0.0250. The highest BCUT2D eigenvalue weighted by Gasteiger charge is 2.27. The van der Waals surface area contributed by atoms with Gasteiger partial charge in [0.05, 0.1) is 0 Å². The number of carbonyl (C=O) groups is 1. The number of aliphatic hydroxyl groups is 1. The molecule has 2 atom stereocenters. The maximum absolute atomic E-state index is 12.1. The van der Waals surface area contributed by atoms with Gasteiger partial charge in [0.1, 0.15) is 0 Å². The van der Waals surface area contributed by atoms with Crippen molar-refractivity contribution in [2.75, 3.05) is 6.61 Å². The van der Waals surface area contributed by atoms with E-state index in [4.69, 9.17) is 0 Å². The Morgan fingerprint density at radius 1 is 1.33 bits per heavy atom. The lowest BCUT2D eigenvalue weighted by Crippen LogP contribution is -2.38. The molecule has 1 aromatic rings. The van der Waals surface area contributed by atoms with Gasteiger partial charge in [0.2, 0.25) is 0 Å². The molecule has 0 spiro atoms. The molecular formula is C15H21NO2. The van der Waals surface area contributed by atoms with Gasteiger partial charge in [0.15, 0.2) is 0 Å². The molecule has 3 nitrogen and oxygen atoms in total. The smallest absolute Gasteiger partial charge is 0.251 e. The largest absolute Gasteiger partial charge is 0.396 e. The quantitative estimate of drug-likeness (QED) is 0.856. The van der Waals surface area contributed by atoms with E-state index < -0.39 is 0 Å². The molecule has 0 radical (unpaired) electrons. The van der Waals surface area contributed by atoms with E-state index >= 15 is 0 Å². The van der Waals surface area contributed by atoms with Crippen LogP contribution >= 0.6 is 0 Å². The van der Waals surface area contributed by atoms with Crippen molar-refractivity contribution in [1.29, 1.82) is 0 Å². The molecule has 0 aromatic heterocycles. The van der Waals surface area contributed by atoms with Crippen LogP contribution in [0.5, 0.6) is 0 Å². The number of hydrogen-bond acceptors (Lipinski definition) is 2. The Kier molecular flexibility index (Phi) is 4.37. The van der Waals surface area contributed by atoms with E-state index in [1.165, 1.54) is 5.56 Å². The molecular weight excluding hydrogens is 226 g/mol. The number of hydrogen-bond donors (Lipinski definition) is 2. The molecule has 1 aliphatic rings. The van der Waals surface area contributed by atoms with Crippen molar-refractivity contribution in [3.8, 4) is 0 Å². The van der Waals surface area contributed by atoms with Crippen LogP contribution in [-0.2, 0) is 6.42 Å². The van der Waals surface area contributed by atoms with Crippen molar-refractivity contribution in [1.82, 2.24) is 5.32 Å². The van der Waals surface area contributed by atoms with Gasteiger partial charge in [-0.1, -0.05) is 25.5 Å². The van der Waals surface area contributed by atoms with Gasteiger partial charge in [-0.3, -0.25) is 4.79 Å². The number of nitrogens with one attached hydrogen (secondary N) is 1. The fraction of sp³-hybridized carbons (Fsp3) is 0.533. The van der Waals surface area contributed by atoms with Gasteiger partial charge in [-0.05, 0) is 37.0 Å². The van der Waals surface area contributed by atoms with E-state index in [0.29, 0.717) is 5.56 Å². The second-order valence-corrected chi connectivity index (χ2v) is 5.00. The zero-order chi connectivity index (χ0) is 13.0. The Bertz CT molecular complexity index is 399.